The Labute approximate surface area is 114 Å². The molecule has 5 heteroatoms. The minimum absolute atomic E-state index is 0.0179. The van der Waals surface area contributed by atoms with Gasteiger partial charge >= 0.3 is 0 Å². The second-order valence-electron chi connectivity index (χ2n) is 4.63. The third-order valence-electron chi connectivity index (χ3n) is 2.33. The van der Waals surface area contributed by atoms with E-state index in [0.29, 0.717) is 21.6 Å². The summed E-state index contributed by atoms with van der Waals surface area (Å²) in [6.07, 6.45) is 0. The van der Waals surface area contributed by atoms with E-state index in [-0.39, 0.29) is 17.9 Å². The first-order valence-corrected chi connectivity index (χ1v) is 6.37. The summed E-state index contributed by atoms with van der Waals surface area (Å²) in [5.41, 5.74) is 0.159. The Morgan fingerprint density at radius 3 is 2.76 bits per heavy atom. The highest BCUT2D eigenvalue weighted by molar-refractivity contribution is 9.10. The van der Waals surface area contributed by atoms with Gasteiger partial charge in [0.25, 0.3) is 5.91 Å². The van der Waals surface area contributed by atoms with Gasteiger partial charge in [-0.05, 0) is 34.1 Å². The van der Waals surface area contributed by atoms with Crippen LogP contribution < -0.4 is 5.32 Å². The average molecular weight is 321 g/mol. The zero-order chi connectivity index (χ0) is 13.1. The van der Waals surface area contributed by atoms with Gasteiger partial charge in [0, 0.05) is 28.1 Å². The molecular weight excluding hydrogens is 305 g/mol. The third-order valence-corrected chi connectivity index (χ3v) is 3.26. The second-order valence-corrected chi connectivity index (χ2v) is 5.92. The fourth-order valence-corrected chi connectivity index (χ4v) is 1.74. The first-order chi connectivity index (χ1) is 7.85. The second kappa shape index (κ2) is 5.85. The Bertz CT molecular complexity index is 421. The molecule has 0 bridgehead atoms. The largest absolute Gasteiger partial charge is 0.396 e. The van der Waals surface area contributed by atoms with Crippen molar-refractivity contribution < 1.29 is 9.90 Å². The lowest BCUT2D eigenvalue weighted by Gasteiger charge is -2.22. The molecule has 0 spiro atoms. The third kappa shape index (κ3) is 4.30. The lowest BCUT2D eigenvalue weighted by Crippen LogP contribution is -2.36. The first kappa shape index (κ1) is 14.5. The number of aliphatic hydroxyl groups is 1. The van der Waals surface area contributed by atoms with Crippen molar-refractivity contribution in [2.45, 2.75) is 13.8 Å². The van der Waals surface area contributed by atoms with Gasteiger partial charge in [-0.3, -0.25) is 4.79 Å². The Kier molecular flexibility index (Phi) is 4.98. The number of carbonyl (C=O) groups is 1. The van der Waals surface area contributed by atoms with Crippen LogP contribution in [0.5, 0.6) is 0 Å². The van der Waals surface area contributed by atoms with E-state index in [2.05, 4.69) is 21.2 Å². The monoisotopic (exact) mass is 319 g/mol. The van der Waals surface area contributed by atoms with Crippen molar-refractivity contribution >= 4 is 33.4 Å². The Morgan fingerprint density at radius 2 is 2.18 bits per heavy atom. The molecule has 1 aromatic carbocycles. The van der Waals surface area contributed by atoms with Crippen molar-refractivity contribution in [3.05, 3.63) is 33.3 Å². The molecule has 0 aromatic heterocycles. The van der Waals surface area contributed by atoms with Gasteiger partial charge in [0.2, 0.25) is 0 Å². The fourth-order valence-electron chi connectivity index (χ4n) is 1.14. The van der Waals surface area contributed by atoms with Gasteiger partial charge in [-0.2, -0.15) is 0 Å². The summed E-state index contributed by atoms with van der Waals surface area (Å²) >= 11 is 9.14. The van der Waals surface area contributed by atoms with Crippen LogP contribution in [0.3, 0.4) is 0 Å². The zero-order valence-corrected chi connectivity index (χ0v) is 12.1. The van der Waals surface area contributed by atoms with E-state index in [1.54, 1.807) is 18.2 Å². The summed E-state index contributed by atoms with van der Waals surface area (Å²) < 4.78 is 0.696. The topological polar surface area (TPSA) is 49.3 Å². The highest BCUT2D eigenvalue weighted by atomic mass is 79.9. The summed E-state index contributed by atoms with van der Waals surface area (Å²) in [7, 11) is 0. The lowest BCUT2D eigenvalue weighted by atomic mass is 9.95. The van der Waals surface area contributed by atoms with E-state index in [1.807, 2.05) is 13.8 Å². The molecule has 94 valence electrons. The maximum absolute atomic E-state index is 11.9. The van der Waals surface area contributed by atoms with Crippen LogP contribution in [0.4, 0.5) is 0 Å². The Hall–Kier alpha value is -0.580. The number of amides is 1. The quantitative estimate of drug-likeness (QED) is 0.896. The molecule has 0 unspecified atom stereocenters. The number of aliphatic hydroxyl groups excluding tert-OH is 1. The van der Waals surface area contributed by atoms with E-state index in [1.165, 1.54) is 0 Å². The summed E-state index contributed by atoms with van der Waals surface area (Å²) in [6, 6.07) is 5.04. The number of halogens is 2. The van der Waals surface area contributed by atoms with E-state index in [4.69, 9.17) is 16.7 Å². The van der Waals surface area contributed by atoms with Crippen molar-refractivity contribution in [2.24, 2.45) is 5.41 Å². The van der Waals surface area contributed by atoms with Crippen molar-refractivity contribution in [1.82, 2.24) is 5.32 Å². The van der Waals surface area contributed by atoms with Crippen LogP contribution in [0.2, 0.25) is 5.02 Å². The maximum Gasteiger partial charge on any atom is 0.252 e. The molecule has 0 saturated carbocycles. The number of carbonyl (C=O) groups excluding carboxylic acids is 1. The Balaban J connectivity index is 2.74. The van der Waals surface area contributed by atoms with Crippen molar-refractivity contribution in [3.63, 3.8) is 0 Å². The van der Waals surface area contributed by atoms with Gasteiger partial charge in [-0.25, -0.2) is 0 Å². The maximum atomic E-state index is 11.9. The highest BCUT2D eigenvalue weighted by Gasteiger charge is 2.19. The van der Waals surface area contributed by atoms with Gasteiger partial charge in [0.1, 0.15) is 0 Å². The average Bonchev–Trinajstić information content (AvgIpc) is 2.29. The Morgan fingerprint density at radius 1 is 1.53 bits per heavy atom. The molecule has 2 N–H and O–H groups in total. The molecule has 1 amide bonds. The molecule has 0 radical (unpaired) electrons. The molecule has 1 aromatic rings. The summed E-state index contributed by atoms with van der Waals surface area (Å²) in [5, 5.41) is 12.4. The molecule has 0 saturated heterocycles. The lowest BCUT2D eigenvalue weighted by molar-refractivity contribution is 0.0910. The summed E-state index contributed by atoms with van der Waals surface area (Å²) in [5.74, 6) is -0.207. The van der Waals surface area contributed by atoms with Gasteiger partial charge in [-0.1, -0.05) is 25.4 Å². The molecule has 1 rings (SSSR count). The molecular formula is C12H15BrClNO2. The molecule has 0 fully saturated rings. The number of nitrogens with one attached hydrogen (secondary N) is 1. The van der Waals surface area contributed by atoms with Crippen LogP contribution in [0.1, 0.15) is 24.2 Å². The number of hydrogen-bond acceptors (Lipinski definition) is 2. The molecule has 0 atom stereocenters. The molecule has 17 heavy (non-hydrogen) atoms. The van der Waals surface area contributed by atoms with E-state index < -0.39 is 0 Å². The number of benzene rings is 1. The van der Waals surface area contributed by atoms with E-state index >= 15 is 0 Å². The van der Waals surface area contributed by atoms with Crippen LogP contribution >= 0.6 is 27.5 Å². The van der Waals surface area contributed by atoms with Crippen LogP contribution in [-0.2, 0) is 0 Å². The molecule has 0 aliphatic heterocycles. The van der Waals surface area contributed by atoms with Gasteiger partial charge < -0.3 is 10.4 Å². The molecule has 3 nitrogen and oxygen atoms in total. The van der Waals surface area contributed by atoms with Gasteiger partial charge in [-0.15, -0.1) is 0 Å². The molecule has 0 aliphatic rings. The minimum atomic E-state index is -0.333. The minimum Gasteiger partial charge on any atom is -0.396 e. The number of rotatable bonds is 4. The summed E-state index contributed by atoms with van der Waals surface area (Å²) in [4.78, 5) is 11.9. The van der Waals surface area contributed by atoms with Crippen molar-refractivity contribution in [1.29, 1.82) is 0 Å². The predicted molar refractivity (Wildman–Crippen MR) is 72.4 cm³/mol. The van der Waals surface area contributed by atoms with E-state index in [0.717, 1.165) is 0 Å². The smallest absolute Gasteiger partial charge is 0.252 e. The molecule has 0 aliphatic carbocycles. The summed E-state index contributed by atoms with van der Waals surface area (Å²) in [6.45, 7) is 4.17. The van der Waals surface area contributed by atoms with Crippen LogP contribution in [-0.4, -0.2) is 24.2 Å². The zero-order valence-electron chi connectivity index (χ0n) is 9.76. The SMILES string of the molecule is CC(C)(CO)CNC(=O)c1cc(Cl)ccc1Br. The molecule has 0 heterocycles. The highest BCUT2D eigenvalue weighted by Crippen LogP contribution is 2.21. The van der Waals surface area contributed by atoms with Gasteiger partial charge in [0.05, 0.1) is 5.56 Å². The van der Waals surface area contributed by atoms with Crippen LogP contribution in [0.25, 0.3) is 0 Å². The van der Waals surface area contributed by atoms with Crippen LogP contribution in [0.15, 0.2) is 22.7 Å². The number of hydrogen-bond donors (Lipinski definition) is 2. The van der Waals surface area contributed by atoms with Crippen LogP contribution in [0, 0.1) is 5.41 Å². The fraction of sp³-hybridized carbons (Fsp3) is 0.417. The van der Waals surface area contributed by atoms with Crippen molar-refractivity contribution in [3.8, 4) is 0 Å². The van der Waals surface area contributed by atoms with Gasteiger partial charge in [0.15, 0.2) is 0 Å². The standard InChI is InChI=1S/C12H15BrClNO2/c1-12(2,7-16)6-15-11(17)9-5-8(14)3-4-10(9)13/h3-5,16H,6-7H2,1-2H3,(H,15,17). The van der Waals surface area contributed by atoms with Crippen molar-refractivity contribution in [2.75, 3.05) is 13.2 Å². The predicted octanol–water partition coefficient (Wildman–Crippen LogP) is 2.85. The first-order valence-electron chi connectivity index (χ1n) is 5.20. The normalized spacial score (nSPS) is 11.4. The van der Waals surface area contributed by atoms with E-state index in [9.17, 15) is 4.79 Å².